The highest BCUT2D eigenvalue weighted by Gasteiger charge is 2.41. The number of fused-ring (bicyclic) bond motifs is 2. The molecular formula is C20H30N2O3S. The van der Waals surface area contributed by atoms with Gasteiger partial charge < -0.3 is 10.6 Å². The fourth-order valence-corrected chi connectivity index (χ4v) is 5.32. The minimum atomic E-state index is -3.21. The molecule has 2 saturated carbocycles. The SMILES string of the molecule is CC(c1ccc(S(C)(=O)=O)cc1)N(C)C(=O)C1CC2CCCC(C1)C2N. The molecule has 0 aromatic heterocycles. The van der Waals surface area contributed by atoms with Crippen LogP contribution in [-0.4, -0.2) is 38.6 Å². The molecule has 6 heteroatoms. The average molecular weight is 379 g/mol. The molecule has 26 heavy (non-hydrogen) atoms. The quantitative estimate of drug-likeness (QED) is 0.873. The van der Waals surface area contributed by atoms with Crippen LogP contribution in [0.5, 0.6) is 0 Å². The molecule has 0 saturated heterocycles. The van der Waals surface area contributed by atoms with Gasteiger partial charge in [0.05, 0.1) is 10.9 Å². The average Bonchev–Trinajstić information content (AvgIpc) is 2.59. The van der Waals surface area contributed by atoms with E-state index in [2.05, 4.69) is 0 Å². The lowest BCUT2D eigenvalue weighted by Gasteiger charge is -2.44. The van der Waals surface area contributed by atoms with Crippen molar-refractivity contribution in [2.75, 3.05) is 13.3 Å². The molecule has 1 amide bonds. The molecular weight excluding hydrogens is 348 g/mol. The summed E-state index contributed by atoms with van der Waals surface area (Å²) in [5.41, 5.74) is 7.29. The smallest absolute Gasteiger partial charge is 0.225 e. The molecule has 3 rings (SSSR count). The van der Waals surface area contributed by atoms with E-state index >= 15 is 0 Å². The normalized spacial score (nSPS) is 29.8. The zero-order chi connectivity index (χ0) is 19.1. The molecule has 0 heterocycles. The second-order valence-electron chi connectivity index (χ2n) is 8.16. The minimum Gasteiger partial charge on any atom is -0.339 e. The molecule has 0 aliphatic heterocycles. The number of benzene rings is 1. The third kappa shape index (κ3) is 3.81. The van der Waals surface area contributed by atoms with Crippen LogP contribution in [0.2, 0.25) is 0 Å². The Kier molecular flexibility index (Phi) is 5.45. The van der Waals surface area contributed by atoms with Crippen LogP contribution < -0.4 is 5.73 Å². The van der Waals surface area contributed by atoms with Gasteiger partial charge in [-0.25, -0.2) is 8.42 Å². The van der Waals surface area contributed by atoms with E-state index in [9.17, 15) is 13.2 Å². The minimum absolute atomic E-state index is 0.0628. The summed E-state index contributed by atoms with van der Waals surface area (Å²) >= 11 is 0. The Bertz CT molecular complexity index is 746. The van der Waals surface area contributed by atoms with Gasteiger partial charge in [-0.15, -0.1) is 0 Å². The number of carbonyl (C=O) groups excluding carboxylic acids is 1. The number of hydrogen-bond donors (Lipinski definition) is 1. The molecule has 2 aliphatic carbocycles. The van der Waals surface area contributed by atoms with E-state index in [1.54, 1.807) is 24.3 Å². The summed E-state index contributed by atoms with van der Waals surface area (Å²) in [7, 11) is -1.36. The zero-order valence-electron chi connectivity index (χ0n) is 15.9. The van der Waals surface area contributed by atoms with Crippen molar-refractivity contribution >= 4 is 15.7 Å². The van der Waals surface area contributed by atoms with Crippen LogP contribution >= 0.6 is 0 Å². The largest absolute Gasteiger partial charge is 0.339 e. The molecule has 0 radical (unpaired) electrons. The number of amides is 1. The highest BCUT2D eigenvalue weighted by atomic mass is 32.2. The molecule has 1 aromatic rings. The second-order valence-corrected chi connectivity index (χ2v) is 10.2. The van der Waals surface area contributed by atoms with E-state index in [0.29, 0.717) is 16.7 Å². The van der Waals surface area contributed by atoms with Gasteiger partial charge in [0.1, 0.15) is 0 Å². The predicted molar refractivity (Wildman–Crippen MR) is 102 cm³/mol. The Hall–Kier alpha value is -1.40. The molecule has 3 atom stereocenters. The Balaban J connectivity index is 1.70. The van der Waals surface area contributed by atoms with Crippen molar-refractivity contribution in [2.24, 2.45) is 23.5 Å². The van der Waals surface area contributed by atoms with Gasteiger partial charge in [-0.05, 0) is 62.1 Å². The number of carbonyl (C=O) groups is 1. The van der Waals surface area contributed by atoms with E-state index < -0.39 is 9.84 Å². The van der Waals surface area contributed by atoms with E-state index in [1.165, 1.54) is 12.7 Å². The van der Waals surface area contributed by atoms with Gasteiger partial charge in [0.25, 0.3) is 0 Å². The van der Waals surface area contributed by atoms with Crippen LogP contribution in [0, 0.1) is 17.8 Å². The maximum atomic E-state index is 13.1. The Morgan fingerprint density at radius 3 is 2.19 bits per heavy atom. The molecule has 2 aliphatic rings. The Morgan fingerprint density at radius 1 is 1.15 bits per heavy atom. The summed E-state index contributed by atoms with van der Waals surface area (Å²) in [5, 5.41) is 0. The van der Waals surface area contributed by atoms with Gasteiger partial charge in [-0.3, -0.25) is 4.79 Å². The van der Waals surface area contributed by atoms with E-state index in [4.69, 9.17) is 5.73 Å². The van der Waals surface area contributed by atoms with Crippen molar-refractivity contribution in [2.45, 2.75) is 56.0 Å². The van der Waals surface area contributed by atoms with Gasteiger partial charge in [-0.2, -0.15) is 0 Å². The number of hydrogen-bond acceptors (Lipinski definition) is 4. The molecule has 1 aromatic carbocycles. The van der Waals surface area contributed by atoms with Gasteiger partial charge in [0, 0.05) is 25.3 Å². The van der Waals surface area contributed by atoms with Gasteiger partial charge in [0.15, 0.2) is 9.84 Å². The summed E-state index contributed by atoms with van der Waals surface area (Å²) in [6.07, 6.45) is 6.54. The lowest BCUT2D eigenvalue weighted by molar-refractivity contribution is -0.139. The van der Waals surface area contributed by atoms with Crippen molar-refractivity contribution in [1.82, 2.24) is 4.90 Å². The van der Waals surface area contributed by atoms with E-state index in [0.717, 1.165) is 31.2 Å². The van der Waals surface area contributed by atoms with Crippen LogP contribution in [0.4, 0.5) is 0 Å². The highest BCUT2D eigenvalue weighted by Crippen LogP contribution is 2.42. The van der Waals surface area contributed by atoms with Crippen molar-refractivity contribution in [1.29, 1.82) is 0 Å². The summed E-state index contributed by atoms with van der Waals surface area (Å²) < 4.78 is 23.2. The van der Waals surface area contributed by atoms with Crippen LogP contribution in [0.25, 0.3) is 0 Å². The monoisotopic (exact) mass is 378 g/mol. The molecule has 3 unspecified atom stereocenters. The fraction of sp³-hybridized carbons (Fsp3) is 0.650. The second kappa shape index (κ2) is 7.31. The van der Waals surface area contributed by atoms with Crippen LogP contribution in [0.1, 0.15) is 50.6 Å². The summed E-state index contributed by atoms with van der Waals surface area (Å²) in [4.78, 5) is 15.2. The molecule has 2 fully saturated rings. The summed E-state index contributed by atoms with van der Waals surface area (Å²) in [5.74, 6) is 1.21. The molecule has 5 nitrogen and oxygen atoms in total. The first-order chi connectivity index (χ1) is 12.2. The first-order valence-electron chi connectivity index (χ1n) is 9.50. The maximum Gasteiger partial charge on any atom is 0.225 e. The third-order valence-electron chi connectivity index (χ3n) is 6.48. The predicted octanol–water partition coefficient (Wildman–Crippen LogP) is 2.76. The summed E-state index contributed by atoms with van der Waals surface area (Å²) in [6.45, 7) is 1.99. The molecule has 144 valence electrons. The topological polar surface area (TPSA) is 80.5 Å². The Morgan fingerprint density at radius 2 is 1.69 bits per heavy atom. The molecule has 2 N–H and O–H groups in total. The number of sulfone groups is 1. The van der Waals surface area contributed by atoms with Crippen molar-refractivity contribution in [3.8, 4) is 0 Å². The number of nitrogens with zero attached hydrogens (tertiary/aromatic N) is 1. The summed E-state index contributed by atoms with van der Waals surface area (Å²) in [6, 6.07) is 7.00. The zero-order valence-corrected chi connectivity index (χ0v) is 16.7. The van der Waals surface area contributed by atoms with Crippen LogP contribution in [0.15, 0.2) is 29.2 Å². The lowest BCUT2D eigenvalue weighted by Crippen LogP contribution is -2.49. The first-order valence-corrected chi connectivity index (χ1v) is 11.4. The highest BCUT2D eigenvalue weighted by molar-refractivity contribution is 7.90. The lowest BCUT2D eigenvalue weighted by atomic mass is 9.65. The van der Waals surface area contributed by atoms with Crippen LogP contribution in [-0.2, 0) is 14.6 Å². The fourth-order valence-electron chi connectivity index (χ4n) is 4.69. The van der Waals surface area contributed by atoms with E-state index in [1.807, 2.05) is 18.9 Å². The molecule has 2 bridgehead atoms. The van der Waals surface area contributed by atoms with Crippen molar-refractivity contribution < 1.29 is 13.2 Å². The van der Waals surface area contributed by atoms with Crippen molar-refractivity contribution in [3.05, 3.63) is 29.8 Å². The third-order valence-corrected chi connectivity index (χ3v) is 7.61. The number of nitrogens with two attached hydrogens (primary N) is 1. The van der Waals surface area contributed by atoms with Gasteiger partial charge >= 0.3 is 0 Å². The maximum absolute atomic E-state index is 13.1. The standard InChI is InChI=1S/C20H30N2O3S/c1-13(14-7-9-18(10-8-14)26(3,24)25)22(2)20(23)17-11-15-5-4-6-16(12-17)19(15)21/h7-10,13,15-17,19H,4-6,11-12,21H2,1-3H3. The van der Waals surface area contributed by atoms with Gasteiger partial charge in [0.2, 0.25) is 5.91 Å². The first kappa shape index (κ1) is 19.4. The van der Waals surface area contributed by atoms with Crippen LogP contribution in [0.3, 0.4) is 0 Å². The Labute approximate surface area is 156 Å². The van der Waals surface area contributed by atoms with Gasteiger partial charge in [-0.1, -0.05) is 18.6 Å². The van der Waals surface area contributed by atoms with E-state index in [-0.39, 0.29) is 23.9 Å². The number of rotatable bonds is 4. The van der Waals surface area contributed by atoms with Crippen molar-refractivity contribution in [3.63, 3.8) is 0 Å². The molecule has 0 spiro atoms.